The molecule has 1 saturated heterocycles. The molecule has 0 spiro atoms. The Bertz CT molecular complexity index is 845. The standard InChI is InChI=1S/C15H14N4O3/c20-15(21)13-8-18-6-10(1-2-14(18)17-13)11-5-16-19(7-11)12-3-4-22-9-12/h1-2,5-8,12H,3-4,9H2,(H,20,21)/t12-/m0/s1. The summed E-state index contributed by atoms with van der Waals surface area (Å²) >= 11 is 0. The van der Waals surface area contributed by atoms with Crippen LogP contribution in [0.3, 0.4) is 0 Å². The van der Waals surface area contributed by atoms with E-state index in [4.69, 9.17) is 9.84 Å². The first kappa shape index (κ1) is 13.0. The van der Waals surface area contributed by atoms with Crippen LogP contribution in [0.2, 0.25) is 0 Å². The molecule has 4 rings (SSSR count). The van der Waals surface area contributed by atoms with Crippen molar-refractivity contribution in [2.75, 3.05) is 13.2 Å². The largest absolute Gasteiger partial charge is 0.476 e. The molecule has 1 aliphatic heterocycles. The van der Waals surface area contributed by atoms with Crippen LogP contribution in [0.4, 0.5) is 0 Å². The van der Waals surface area contributed by atoms with Gasteiger partial charge in [-0.25, -0.2) is 9.78 Å². The molecule has 3 aromatic heterocycles. The molecule has 0 bridgehead atoms. The first-order valence-corrected chi connectivity index (χ1v) is 7.05. The average Bonchev–Trinajstić information content (AvgIpc) is 3.24. The van der Waals surface area contributed by atoms with Gasteiger partial charge in [0.05, 0.1) is 18.8 Å². The lowest BCUT2D eigenvalue weighted by molar-refractivity contribution is 0.0691. The molecule has 22 heavy (non-hydrogen) atoms. The molecule has 1 atom stereocenters. The first-order valence-electron chi connectivity index (χ1n) is 7.05. The van der Waals surface area contributed by atoms with Gasteiger partial charge in [0, 0.05) is 36.3 Å². The first-order chi connectivity index (χ1) is 10.7. The van der Waals surface area contributed by atoms with E-state index in [2.05, 4.69) is 10.1 Å². The van der Waals surface area contributed by atoms with Crippen molar-refractivity contribution in [3.63, 3.8) is 0 Å². The van der Waals surface area contributed by atoms with Crippen LogP contribution < -0.4 is 0 Å². The summed E-state index contributed by atoms with van der Waals surface area (Å²) in [4.78, 5) is 15.0. The smallest absolute Gasteiger partial charge is 0.356 e. The molecule has 0 aliphatic carbocycles. The number of carbonyl (C=O) groups is 1. The maximum absolute atomic E-state index is 11.0. The number of ether oxygens (including phenoxy) is 1. The highest BCUT2D eigenvalue weighted by Crippen LogP contribution is 2.24. The average molecular weight is 298 g/mol. The zero-order valence-electron chi connectivity index (χ0n) is 11.7. The number of carboxylic acid groups (broad SMARTS) is 1. The fourth-order valence-electron chi connectivity index (χ4n) is 2.68. The van der Waals surface area contributed by atoms with Crippen LogP contribution in [0.1, 0.15) is 23.0 Å². The normalized spacial score (nSPS) is 18.1. The third-order valence-electron chi connectivity index (χ3n) is 3.88. The van der Waals surface area contributed by atoms with E-state index >= 15 is 0 Å². The summed E-state index contributed by atoms with van der Waals surface area (Å²) in [5.41, 5.74) is 2.60. The number of fused-ring (bicyclic) bond motifs is 1. The van der Waals surface area contributed by atoms with E-state index in [0.29, 0.717) is 18.3 Å². The highest BCUT2D eigenvalue weighted by Gasteiger charge is 2.18. The van der Waals surface area contributed by atoms with Gasteiger partial charge in [-0.2, -0.15) is 5.10 Å². The van der Waals surface area contributed by atoms with Crippen LogP contribution in [0.15, 0.2) is 36.9 Å². The van der Waals surface area contributed by atoms with E-state index < -0.39 is 5.97 Å². The van der Waals surface area contributed by atoms with Crippen LogP contribution in [0.25, 0.3) is 16.8 Å². The summed E-state index contributed by atoms with van der Waals surface area (Å²) in [6, 6.07) is 4.02. The molecule has 0 amide bonds. The van der Waals surface area contributed by atoms with Crippen molar-refractivity contribution in [1.82, 2.24) is 19.2 Å². The summed E-state index contributed by atoms with van der Waals surface area (Å²) in [6.07, 6.45) is 8.16. The van der Waals surface area contributed by atoms with E-state index in [1.807, 2.05) is 29.3 Å². The Morgan fingerprint density at radius 2 is 2.18 bits per heavy atom. The quantitative estimate of drug-likeness (QED) is 0.798. The van der Waals surface area contributed by atoms with Gasteiger partial charge in [-0.3, -0.25) is 4.68 Å². The molecule has 7 nitrogen and oxygen atoms in total. The predicted octanol–water partition coefficient (Wildman–Crippen LogP) is 1.86. The summed E-state index contributed by atoms with van der Waals surface area (Å²) in [5.74, 6) is -1.03. The zero-order chi connectivity index (χ0) is 15.1. The van der Waals surface area contributed by atoms with Gasteiger partial charge in [-0.05, 0) is 18.6 Å². The molecular weight excluding hydrogens is 284 g/mol. The molecule has 7 heteroatoms. The topological polar surface area (TPSA) is 81.6 Å². The zero-order valence-corrected chi connectivity index (χ0v) is 11.7. The van der Waals surface area contributed by atoms with Crippen LogP contribution in [-0.4, -0.2) is 43.5 Å². The second-order valence-electron chi connectivity index (χ2n) is 5.34. The van der Waals surface area contributed by atoms with Gasteiger partial charge >= 0.3 is 5.97 Å². The number of rotatable bonds is 3. The number of nitrogens with zero attached hydrogens (tertiary/aromatic N) is 4. The van der Waals surface area contributed by atoms with Crippen LogP contribution >= 0.6 is 0 Å². The van der Waals surface area contributed by atoms with Crippen LogP contribution in [-0.2, 0) is 4.74 Å². The Morgan fingerprint density at radius 1 is 1.27 bits per heavy atom. The van der Waals surface area contributed by atoms with Gasteiger partial charge in [-0.15, -0.1) is 0 Å². The molecule has 4 heterocycles. The Morgan fingerprint density at radius 3 is 2.95 bits per heavy atom. The molecule has 0 radical (unpaired) electrons. The number of hydrogen-bond acceptors (Lipinski definition) is 4. The van der Waals surface area contributed by atoms with E-state index in [-0.39, 0.29) is 5.69 Å². The van der Waals surface area contributed by atoms with Gasteiger partial charge in [0.2, 0.25) is 0 Å². The predicted molar refractivity (Wildman–Crippen MR) is 77.8 cm³/mol. The molecule has 112 valence electrons. The van der Waals surface area contributed by atoms with Crippen LogP contribution in [0, 0.1) is 0 Å². The minimum atomic E-state index is -1.03. The highest BCUT2D eigenvalue weighted by molar-refractivity contribution is 5.86. The second kappa shape index (κ2) is 4.96. The molecule has 1 N–H and O–H groups in total. The number of aromatic nitrogens is 4. The van der Waals surface area contributed by atoms with Crippen LogP contribution in [0.5, 0.6) is 0 Å². The van der Waals surface area contributed by atoms with E-state index in [1.54, 1.807) is 10.5 Å². The van der Waals surface area contributed by atoms with Crippen molar-refractivity contribution < 1.29 is 14.6 Å². The molecule has 0 unspecified atom stereocenters. The Balaban J connectivity index is 1.69. The number of aromatic carboxylic acids is 1. The van der Waals surface area contributed by atoms with E-state index in [9.17, 15) is 4.79 Å². The highest BCUT2D eigenvalue weighted by atomic mass is 16.5. The Labute approximate surface area is 125 Å². The molecule has 3 aromatic rings. The van der Waals surface area contributed by atoms with Crippen molar-refractivity contribution in [3.8, 4) is 11.1 Å². The summed E-state index contributed by atoms with van der Waals surface area (Å²) < 4.78 is 9.03. The number of pyridine rings is 1. The van der Waals surface area contributed by atoms with Crippen molar-refractivity contribution >= 4 is 11.6 Å². The molecule has 0 saturated carbocycles. The minimum Gasteiger partial charge on any atom is -0.476 e. The summed E-state index contributed by atoms with van der Waals surface area (Å²) in [6.45, 7) is 1.47. The lowest BCUT2D eigenvalue weighted by Crippen LogP contribution is -2.08. The summed E-state index contributed by atoms with van der Waals surface area (Å²) in [5, 5.41) is 13.4. The molecule has 1 fully saturated rings. The van der Waals surface area contributed by atoms with Crippen molar-refractivity contribution in [3.05, 3.63) is 42.6 Å². The van der Waals surface area contributed by atoms with Gasteiger partial charge < -0.3 is 14.2 Å². The van der Waals surface area contributed by atoms with Gasteiger partial charge in [0.25, 0.3) is 0 Å². The van der Waals surface area contributed by atoms with Crippen molar-refractivity contribution in [1.29, 1.82) is 0 Å². The second-order valence-corrected chi connectivity index (χ2v) is 5.34. The summed E-state index contributed by atoms with van der Waals surface area (Å²) in [7, 11) is 0. The van der Waals surface area contributed by atoms with Gasteiger partial charge in [-0.1, -0.05) is 0 Å². The number of hydrogen-bond donors (Lipinski definition) is 1. The monoisotopic (exact) mass is 298 g/mol. The fraction of sp³-hybridized carbons (Fsp3) is 0.267. The lowest BCUT2D eigenvalue weighted by atomic mass is 10.1. The third kappa shape index (κ3) is 2.15. The van der Waals surface area contributed by atoms with E-state index in [1.165, 1.54) is 6.20 Å². The molecule has 1 aliphatic rings. The van der Waals surface area contributed by atoms with Crippen molar-refractivity contribution in [2.24, 2.45) is 0 Å². The van der Waals surface area contributed by atoms with Gasteiger partial charge in [0.15, 0.2) is 5.69 Å². The third-order valence-corrected chi connectivity index (χ3v) is 3.88. The van der Waals surface area contributed by atoms with E-state index in [0.717, 1.165) is 24.2 Å². The molecular formula is C15H14N4O3. The van der Waals surface area contributed by atoms with Gasteiger partial charge in [0.1, 0.15) is 5.65 Å². The number of imidazole rings is 1. The Hall–Kier alpha value is -2.67. The maximum Gasteiger partial charge on any atom is 0.356 e. The molecule has 0 aromatic carbocycles. The minimum absolute atomic E-state index is 0.0379. The SMILES string of the molecule is O=C(O)c1cn2cc(-c3cnn([C@H]4CCOC4)c3)ccc2n1. The number of carboxylic acids is 1. The van der Waals surface area contributed by atoms with Crippen molar-refractivity contribution in [2.45, 2.75) is 12.5 Å². The Kier molecular flexibility index (Phi) is 2.93. The fourth-order valence-corrected chi connectivity index (χ4v) is 2.68. The maximum atomic E-state index is 11.0. The lowest BCUT2D eigenvalue weighted by Gasteiger charge is -2.06.